The average Bonchev–Trinajstić information content (AvgIpc) is 3.24. The third-order valence-corrected chi connectivity index (χ3v) is 6.06. The number of carboxylic acids is 1. The molecule has 3 amide bonds. The maximum absolute atomic E-state index is 12.9. The fourth-order valence-electron chi connectivity index (χ4n) is 3.53. The van der Waals surface area contributed by atoms with Crippen LogP contribution in [0.3, 0.4) is 0 Å². The highest BCUT2D eigenvalue weighted by Gasteiger charge is 2.40. The molecule has 11 nitrogen and oxygen atoms in total. The number of hydrogen-bond acceptors (Lipinski definition) is 8. The summed E-state index contributed by atoms with van der Waals surface area (Å²) in [6.45, 7) is 2.08. The highest BCUT2D eigenvalue weighted by atomic mass is 32.2. The fourth-order valence-corrected chi connectivity index (χ4v) is 4.00. The fraction of sp³-hybridized carbons (Fsp3) is 0.800. The van der Waals surface area contributed by atoms with Gasteiger partial charge in [-0.2, -0.15) is 11.8 Å². The number of aliphatic hydroxyl groups excluding tert-OH is 1. The summed E-state index contributed by atoms with van der Waals surface area (Å²) in [4.78, 5) is 50.9. The Morgan fingerprint density at radius 2 is 1.84 bits per heavy atom. The van der Waals surface area contributed by atoms with E-state index in [1.54, 1.807) is 0 Å². The third-order valence-electron chi connectivity index (χ3n) is 5.42. The molecule has 0 radical (unpaired) electrons. The van der Waals surface area contributed by atoms with Crippen LogP contribution in [0.25, 0.3) is 0 Å². The predicted octanol–water partition coefficient (Wildman–Crippen LogP) is -1.38. The second-order valence-electron chi connectivity index (χ2n) is 7.99. The van der Waals surface area contributed by atoms with Gasteiger partial charge in [-0.15, -0.1) is 0 Å². The number of nitrogens with zero attached hydrogens (tertiary/aromatic N) is 1. The van der Waals surface area contributed by atoms with E-state index in [0.717, 1.165) is 6.42 Å². The van der Waals surface area contributed by atoms with E-state index in [-0.39, 0.29) is 6.54 Å². The molecule has 1 aliphatic heterocycles. The van der Waals surface area contributed by atoms with Crippen LogP contribution in [-0.2, 0) is 19.2 Å². The zero-order valence-electron chi connectivity index (χ0n) is 18.8. The summed E-state index contributed by atoms with van der Waals surface area (Å²) in [5, 5.41) is 24.6. The molecule has 32 heavy (non-hydrogen) atoms. The van der Waals surface area contributed by atoms with E-state index in [2.05, 4.69) is 10.6 Å². The number of amides is 3. The van der Waals surface area contributed by atoms with Crippen LogP contribution in [0.5, 0.6) is 0 Å². The topological polar surface area (TPSA) is 188 Å². The lowest BCUT2D eigenvalue weighted by atomic mass is 10.1. The first-order valence-corrected chi connectivity index (χ1v) is 12.3. The lowest BCUT2D eigenvalue weighted by Gasteiger charge is -2.30. The minimum absolute atomic E-state index is 0.235. The largest absolute Gasteiger partial charge is 0.480 e. The molecule has 1 fully saturated rings. The number of nitrogens with one attached hydrogen (secondary N) is 2. The van der Waals surface area contributed by atoms with Crippen molar-refractivity contribution in [3.05, 3.63) is 0 Å². The molecule has 1 heterocycles. The average molecular weight is 476 g/mol. The van der Waals surface area contributed by atoms with Gasteiger partial charge in [0.2, 0.25) is 17.7 Å². The van der Waals surface area contributed by atoms with Crippen molar-refractivity contribution in [3.8, 4) is 0 Å². The Morgan fingerprint density at radius 1 is 1.16 bits per heavy atom. The predicted molar refractivity (Wildman–Crippen MR) is 122 cm³/mol. The second kappa shape index (κ2) is 14.3. The standard InChI is InChI=1S/C20H37N5O6S/c1-12(26)16(19(29)25-10-5-7-15(25)20(30)31)24-18(28)14(8-11-32-2)23-17(27)13(22)6-3-4-9-21/h12-16,26H,3-11,21-22H2,1-2H3,(H,23,27)(H,24,28)(H,30,31). The van der Waals surface area contributed by atoms with Crippen molar-refractivity contribution < 1.29 is 29.4 Å². The Hall–Kier alpha value is -1.89. The van der Waals surface area contributed by atoms with Crippen LogP contribution in [0.4, 0.5) is 0 Å². The van der Waals surface area contributed by atoms with Crippen molar-refractivity contribution in [1.82, 2.24) is 15.5 Å². The number of nitrogens with two attached hydrogens (primary N) is 2. The summed E-state index contributed by atoms with van der Waals surface area (Å²) in [5.41, 5.74) is 11.4. The molecule has 0 aliphatic carbocycles. The Labute approximate surface area is 193 Å². The molecule has 8 N–H and O–H groups in total. The first-order valence-electron chi connectivity index (χ1n) is 10.9. The van der Waals surface area contributed by atoms with Gasteiger partial charge in [-0.25, -0.2) is 4.79 Å². The van der Waals surface area contributed by atoms with E-state index in [0.29, 0.717) is 44.4 Å². The molecule has 0 bridgehead atoms. The minimum atomic E-state index is -1.32. The highest BCUT2D eigenvalue weighted by molar-refractivity contribution is 7.98. The number of hydrogen-bond donors (Lipinski definition) is 6. The van der Waals surface area contributed by atoms with Crippen LogP contribution in [0, 0.1) is 0 Å². The van der Waals surface area contributed by atoms with Gasteiger partial charge in [-0.05, 0) is 57.6 Å². The molecule has 0 aromatic heterocycles. The highest BCUT2D eigenvalue weighted by Crippen LogP contribution is 2.19. The number of carbonyl (C=O) groups excluding carboxylic acids is 3. The van der Waals surface area contributed by atoms with Crippen LogP contribution in [0.1, 0.15) is 45.4 Å². The lowest BCUT2D eigenvalue weighted by molar-refractivity contribution is -0.150. The van der Waals surface area contributed by atoms with Crippen LogP contribution in [0.15, 0.2) is 0 Å². The Morgan fingerprint density at radius 3 is 2.41 bits per heavy atom. The molecule has 0 aromatic carbocycles. The summed E-state index contributed by atoms with van der Waals surface area (Å²) >= 11 is 1.49. The SMILES string of the molecule is CSCCC(NC(=O)C(N)CCCCN)C(=O)NC(C(=O)N1CCCC1C(=O)O)C(C)O. The normalized spacial score (nSPS) is 19.7. The number of aliphatic hydroxyl groups is 1. The van der Waals surface area contributed by atoms with Crippen molar-refractivity contribution in [1.29, 1.82) is 0 Å². The second-order valence-corrected chi connectivity index (χ2v) is 8.97. The number of carboxylic acid groups (broad SMARTS) is 1. The maximum Gasteiger partial charge on any atom is 0.326 e. The van der Waals surface area contributed by atoms with Crippen molar-refractivity contribution in [3.63, 3.8) is 0 Å². The van der Waals surface area contributed by atoms with Crippen molar-refractivity contribution in [2.45, 2.75) is 75.7 Å². The first kappa shape index (κ1) is 28.1. The van der Waals surface area contributed by atoms with Crippen LogP contribution < -0.4 is 22.1 Å². The smallest absolute Gasteiger partial charge is 0.326 e. The Bertz CT molecular complexity index is 650. The van der Waals surface area contributed by atoms with Crippen LogP contribution in [0.2, 0.25) is 0 Å². The van der Waals surface area contributed by atoms with E-state index in [1.165, 1.54) is 23.6 Å². The molecule has 5 atom stereocenters. The van der Waals surface area contributed by atoms with Crippen molar-refractivity contribution in [2.75, 3.05) is 25.1 Å². The summed E-state index contributed by atoms with van der Waals surface area (Å²) in [7, 11) is 0. The number of rotatable bonds is 14. The van der Waals surface area contributed by atoms with Gasteiger partial charge < -0.3 is 37.2 Å². The van der Waals surface area contributed by atoms with Crippen LogP contribution >= 0.6 is 11.8 Å². The van der Waals surface area contributed by atoms with Gasteiger partial charge in [-0.1, -0.05) is 6.42 Å². The molecule has 5 unspecified atom stereocenters. The molecule has 1 rings (SSSR count). The molecular formula is C20H37N5O6S. The van der Waals surface area contributed by atoms with Gasteiger partial charge in [0.05, 0.1) is 12.1 Å². The van der Waals surface area contributed by atoms with Gasteiger partial charge in [0.25, 0.3) is 0 Å². The van der Waals surface area contributed by atoms with Gasteiger partial charge in [0.15, 0.2) is 0 Å². The van der Waals surface area contributed by atoms with E-state index in [4.69, 9.17) is 11.5 Å². The zero-order chi connectivity index (χ0) is 24.3. The minimum Gasteiger partial charge on any atom is -0.480 e. The van der Waals surface area contributed by atoms with Gasteiger partial charge in [0.1, 0.15) is 18.1 Å². The summed E-state index contributed by atoms with van der Waals surface area (Å²) in [5.74, 6) is -2.33. The lowest BCUT2D eigenvalue weighted by Crippen LogP contribution is -2.60. The van der Waals surface area contributed by atoms with Gasteiger partial charge in [-0.3, -0.25) is 14.4 Å². The third kappa shape index (κ3) is 8.57. The van der Waals surface area contributed by atoms with E-state index in [9.17, 15) is 29.4 Å². The molecule has 1 aliphatic rings. The molecule has 1 saturated heterocycles. The quantitative estimate of drug-likeness (QED) is 0.165. The molecule has 184 valence electrons. The van der Waals surface area contributed by atoms with E-state index >= 15 is 0 Å². The van der Waals surface area contributed by atoms with Crippen LogP contribution in [-0.4, -0.2) is 94.2 Å². The molecular weight excluding hydrogens is 438 g/mol. The monoisotopic (exact) mass is 475 g/mol. The number of carbonyl (C=O) groups is 4. The molecule has 0 spiro atoms. The van der Waals surface area contributed by atoms with Crippen molar-refractivity contribution >= 4 is 35.5 Å². The zero-order valence-corrected chi connectivity index (χ0v) is 19.6. The van der Waals surface area contributed by atoms with Gasteiger partial charge in [0, 0.05) is 6.54 Å². The number of aliphatic carboxylic acids is 1. The Kier molecular flexibility index (Phi) is 12.6. The molecule has 0 aromatic rings. The van der Waals surface area contributed by atoms with E-state index in [1.807, 2.05) is 6.26 Å². The summed E-state index contributed by atoms with van der Waals surface area (Å²) < 4.78 is 0. The number of thioether (sulfide) groups is 1. The number of unbranched alkanes of at least 4 members (excludes halogenated alkanes) is 1. The van der Waals surface area contributed by atoms with E-state index < -0.39 is 54.0 Å². The summed E-state index contributed by atoms with van der Waals surface area (Å²) in [6.07, 6.45) is 3.60. The number of likely N-dealkylation sites (tertiary alicyclic amines) is 1. The first-order chi connectivity index (χ1) is 15.1. The molecule has 12 heteroatoms. The maximum atomic E-state index is 12.9. The molecule has 0 saturated carbocycles. The van der Waals surface area contributed by atoms with Crippen molar-refractivity contribution in [2.24, 2.45) is 11.5 Å². The Balaban J connectivity index is 2.87. The van der Waals surface area contributed by atoms with Gasteiger partial charge >= 0.3 is 5.97 Å². The summed E-state index contributed by atoms with van der Waals surface area (Å²) in [6, 6.07) is -4.05.